The molecule has 4 rings (SSSR count). The van der Waals surface area contributed by atoms with E-state index in [0.717, 1.165) is 27.8 Å². The molecule has 0 saturated heterocycles. The Morgan fingerprint density at radius 2 is 2.30 bits per heavy atom. The molecule has 2 heterocycles. The van der Waals surface area contributed by atoms with E-state index >= 15 is 0 Å². The zero-order chi connectivity index (χ0) is 15.8. The third-order valence-corrected chi connectivity index (χ3v) is 4.30. The SMILES string of the molecule is O=C(Cc1ccc2[nH]ncc2c1)NC1COc2cccc(Cl)c21. The minimum absolute atomic E-state index is 0.0609. The van der Waals surface area contributed by atoms with Gasteiger partial charge in [-0.25, -0.2) is 0 Å². The van der Waals surface area contributed by atoms with Gasteiger partial charge in [0.1, 0.15) is 12.4 Å². The monoisotopic (exact) mass is 327 g/mol. The van der Waals surface area contributed by atoms with Crippen LogP contribution in [0.5, 0.6) is 5.75 Å². The van der Waals surface area contributed by atoms with Gasteiger partial charge in [0.2, 0.25) is 5.91 Å². The molecule has 1 aromatic heterocycles. The van der Waals surface area contributed by atoms with Crippen LogP contribution in [0.1, 0.15) is 17.2 Å². The van der Waals surface area contributed by atoms with Gasteiger partial charge in [-0.3, -0.25) is 9.89 Å². The number of benzene rings is 2. The number of carbonyl (C=O) groups is 1. The highest BCUT2D eigenvalue weighted by molar-refractivity contribution is 6.31. The maximum absolute atomic E-state index is 12.3. The van der Waals surface area contributed by atoms with Crippen LogP contribution in [-0.2, 0) is 11.2 Å². The lowest BCUT2D eigenvalue weighted by atomic mass is 10.1. The lowest BCUT2D eigenvalue weighted by molar-refractivity contribution is -0.121. The number of hydrogen-bond donors (Lipinski definition) is 2. The molecule has 1 aliphatic heterocycles. The highest BCUT2D eigenvalue weighted by Gasteiger charge is 2.27. The fourth-order valence-corrected chi connectivity index (χ4v) is 3.18. The van der Waals surface area contributed by atoms with Crippen LogP contribution in [-0.4, -0.2) is 22.7 Å². The molecular weight excluding hydrogens is 314 g/mol. The topological polar surface area (TPSA) is 67.0 Å². The van der Waals surface area contributed by atoms with Crippen molar-refractivity contribution in [2.45, 2.75) is 12.5 Å². The number of ether oxygens (including phenoxy) is 1. The van der Waals surface area contributed by atoms with E-state index in [1.165, 1.54) is 0 Å². The van der Waals surface area contributed by atoms with Gasteiger partial charge < -0.3 is 10.1 Å². The molecule has 0 saturated carbocycles. The number of fused-ring (bicyclic) bond motifs is 2. The summed E-state index contributed by atoms with van der Waals surface area (Å²) in [4.78, 5) is 12.3. The molecule has 0 bridgehead atoms. The second-order valence-electron chi connectivity index (χ2n) is 5.55. The van der Waals surface area contributed by atoms with Crippen LogP contribution in [0.3, 0.4) is 0 Å². The van der Waals surface area contributed by atoms with Gasteiger partial charge in [-0.15, -0.1) is 0 Å². The number of amides is 1. The lowest BCUT2D eigenvalue weighted by Crippen LogP contribution is -2.30. The maximum atomic E-state index is 12.3. The Bertz CT molecular complexity index is 890. The average molecular weight is 328 g/mol. The molecule has 1 aliphatic rings. The van der Waals surface area contributed by atoms with Crippen molar-refractivity contribution < 1.29 is 9.53 Å². The molecule has 6 heteroatoms. The molecule has 0 radical (unpaired) electrons. The van der Waals surface area contributed by atoms with Gasteiger partial charge in [0, 0.05) is 16.0 Å². The normalized spacial score (nSPS) is 16.1. The Labute approximate surface area is 137 Å². The Hall–Kier alpha value is -2.53. The molecule has 116 valence electrons. The second-order valence-corrected chi connectivity index (χ2v) is 5.96. The van der Waals surface area contributed by atoms with E-state index in [1.54, 1.807) is 12.3 Å². The van der Waals surface area contributed by atoms with Crippen molar-refractivity contribution in [2.24, 2.45) is 0 Å². The number of carbonyl (C=O) groups excluding carboxylic acids is 1. The van der Waals surface area contributed by atoms with Gasteiger partial charge in [-0.2, -0.15) is 5.10 Å². The fraction of sp³-hybridized carbons (Fsp3) is 0.176. The number of aromatic amines is 1. The summed E-state index contributed by atoms with van der Waals surface area (Å²) >= 11 is 6.22. The van der Waals surface area contributed by atoms with Crippen molar-refractivity contribution in [1.29, 1.82) is 0 Å². The van der Waals surface area contributed by atoms with Crippen LogP contribution in [0, 0.1) is 0 Å². The molecule has 2 aromatic carbocycles. The summed E-state index contributed by atoms with van der Waals surface area (Å²) in [5, 5.41) is 11.5. The summed E-state index contributed by atoms with van der Waals surface area (Å²) in [5.74, 6) is 0.678. The molecular formula is C17H14ClN3O2. The molecule has 1 unspecified atom stereocenters. The van der Waals surface area contributed by atoms with Crippen molar-refractivity contribution in [3.8, 4) is 5.75 Å². The quantitative estimate of drug-likeness (QED) is 0.777. The van der Waals surface area contributed by atoms with E-state index in [4.69, 9.17) is 16.3 Å². The average Bonchev–Trinajstić information content (AvgIpc) is 3.14. The Balaban J connectivity index is 1.49. The van der Waals surface area contributed by atoms with Crippen LogP contribution in [0.2, 0.25) is 5.02 Å². The molecule has 0 spiro atoms. The van der Waals surface area contributed by atoms with Crippen LogP contribution in [0.15, 0.2) is 42.6 Å². The summed E-state index contributed by atoms with van der Waals surface area (Å²) in [5.41, 5.74) is 2.75. The summed E-state index contributed by atoms with van der Waals surface area (Å²) in [6.45, 7) is 0.408. The highest BCUT2D eigenvalue weighted by Crippen LogP contribution is 2.37. The minimum atomic E-state index is -0.205. The molecule has 0 fully saturated rings. The predicted octanol–water partition coefficient (Wildman–Crippen LogP) is 3.01. The van der Waals surface area contributed by atoms with Crippen molar-refractivity contribution in [3.05, 3.63) is 58.7 Å². The molecule has 23 heavy (non-hydrogen) atoms. The van der Waals surface area contributed by atoms with E-state index < -0.39 is 0 Å². The van der Waals surface area contributed by atoms with Crippen molar-refractivity contribution >= 4 is 28.4 Å². The van der Waals surface area contributed by atoms with E-state index in [1.807, 2.05) is 30.3 Å². The van der Waals surface area contributed by atoms with Crippen LogP contribution < -0.4 is 10.1 Å². The maximum Gasteiger partial charge on any atom is 0.225 e. The number of hydrogen-bond acceptors (Lipinski definition) is 3. The summed E-state index contributed by atoms with van der Waals surface area (Å²) in [6.07, 6.45) is 2.05. The predicted molar refractivity (Wildman–Crippen MR) is 87.6 cm³/mol. The first-order valence-electron chi connectivity index (χ1n) is 7.33. The number of nitrogens with one attached hydrogen (secondary N) is 2. The first-order chi connectivity index (χ1) is 11.2. The third kappa shape index (κ3) is 2.64. The number of rotatable bonds is 3. The molecule has 5 nitrogen and oxygen atoms in total. The first-order valence-corrected chi connectivity index (χ1v) is 7.71. The zero-order valence-corrected chi connectivity index (χ0v) is 12.9. The standard InChI is InChI=1S/C17H14ClN3O2/c18-12-2-1-3-15-17(12)14(9-23-15)20-16(22)7-10-4-5-13-11(6-10)8-19-21-13/h1-6,8,14H,7,9H2,(H,19,21)(H,20,22). The van der Waals surface area contributed by atoms with Crippen LogP contribution in [0.4, 0.5) is 0 Å². The lowest BCUT2D eigenvalue weighted by Gasteiger charge is -2.13. The third-order valence-electron chi connectivity index (χ3n) is 3.97. The van der Waals surface area contributed by atoms with E-state index in [0.29, 0.717) is 18.1 Å². The molecule has 1 amide bonds. The Morgan fingerprint density at radius 3 is 3.22 bits per heavy atom. The second kappa shape index (κ2) is 5.59. The highest BCUT2D eigenvalue weighted by atomic mass is 35.5. The van der Waals surface area contributed by atoms with E-state index in [-0.39, 0.29) is 11.9 Å². The van der Waals surface area contributed by atoms with Gasteiger partial charge in [0.05, 0.1) is 24.2 Å². The Morgan fingerprint density at radius 1 is 1.39 bits per heavy atom. The fourth-order valence-electron chi connectivity index (χ4n) is 2.88. The van der Waals surface area contributed by atoms with Crippen LogP contribution >= 0.6 is 11.6 Å². The minimum Gasteiger partial charge on any atom is -0.491 e. The van der Waals surface area contributed by atoms with Crippen molar-refractivity contribution in [3.63, 3.8) is 0 Å². The molecule has 0 aliphatic carbocycles. The van der Waals surface area contributed by atoms with Gasteiger partial charge in [-0.1, -0.05) is 23.7 Å². The molecule has 2 N–H and O–H groups in total. The number of halogens is 1. The first kappa shape index (κ1) is 14.1. The zero-order valence-electron chi connectivity index (χ0n) is 12.2. The van der Waals surface area contributed by atoms with Gasteiger partial charge >= 0.3 is 0 Å². The molecule has 3 aromatic rings. The van der Waals surface area contributed by atoms with Gasteiger partial charge in [-0.05, 0) is 29.8 Å². The number of H-pyrrole nitrogens is 1. The summed E-state index contributed by atoms with van der Waals surface area (Å²) in [7, 11) is 0. The summed E-state index contributed by atoms with van der Waals surface area (Å²) in [6, 6.07) is 11.1. The van der Waals surface area contributed by atoms with E-state index in [9.17, 15) is 4.79 Å². The van der Waals surface area contributed by atoms with Crippen LogP contribution in [0.25, 0.3) is 10.9 Å². The smallest absolute Gasteiger partial charge is 0.225 e. The summed E-state index contributed by atoms with van der Waals surface area (Å²) < 4.78 is 5.58. The van der Waals surface area contributed by atoms with Gasteiger partial charge in [0.25, 0.3) is 0 Å². The Kier molecular flexibility index (Phi) is 3.42. The van der Waals surface area contributed by atoms with Gasteiger partial charge in [0.15, 0.2) is 0 Å². The number of aromatic nitrogens is 2. The van der Waals surface area contributed by atoms with E-state index in [2.05, 4.69) is 15.5 Å². The number of nitrogens with zero attached hydrogens (tertiary/aromatic N) is 1. The molecule has 1 atom stereocenters. The largest absolute Gasteiger partial charge is 0.491 e. The van der Waals surface area contributed by atoms with Crippen molar-refractivity contribution in [1.82, 2.24) is 15.5 Å². The van der Waals surface area contributed by atoms with Crippen molar-refractivity contribution in [2.75, 3.05) is 6.61 Å².